The van der Waals surface area contributed by atoms with Crippen LogP contribution in [0.15, 0.2) is 16.8 Å². The molecule has 1 N–H and O–H groups in total. The minimum absolute atomic E-state index is 0.109. The number of hydrogen-bond acceptors (Lipinski definition) is 5. The van der Waals surface area contributed by atoms with E-state index in [2.05, 4.69) is 18.6 Å². The summed E-state index contributed by atoms with van der Waals surface area (Å²) >= 11 is 1.55. The van der Waals surface area contributed by atoms with E-state index in [1.165, 1.54) is 0 Å². The molecule has 134 valence electrons. The summed E-state index contributed by atoms with van der Waals surface area (Å²) in [6, 6.07) is 1.93. The zero-order valence-corrected chi connectivity index (χ0v) is 16.0. The van der Waals surface area contributed by atoms with E-state index in [4.69, 9.17) is 4.74 Å². The van der Waals surface area contributed by atoms with Crippen LogP contribution in [0, 0.1) is 16.7 Å². The number of thiophene rings is 1. The quantitative estimate of drug-likeness (QED) is 0.800. The molecular formula is C17H25NO4S2. The lowest BCUT2D eigenvalue weighted by Gasteiger charge is -2.36. The number of carbonyl (C=O) groups is 1. The summed E-state index contributed by atoms with van der Waals surface area (Å²) in [5, 5.41) is 3.89. The molecule has 2 bridgehead atoms. The number of ether oxygens (including phenoxy) is 1. The van der Waals surface area contributed by atoms with E-state index < -0.39 is 15.4 Å². The topological polar surface area (TPSA) is 72.5 Å². The molecule has 0 aromatic carbocycles. The van der Waals surface area contributed by atoms with Crippen molar-refractivity contribution < 1.29 is 17.9 Å². The monoisotopic (exact) mass is 371 g/mol. The van der Waals surface area contributed by atoms with Crippen molar-refractivity contribution in [1.82, 2.24) is 4.72 Å². The van der Waals surface area contributed by atoms with E-state index in [0.717, 1.165) is 12.0 Å². The lowest BCUT2D eigenvalue weighted by atomic mass is 9.70. The molecule has 0 aliphatic heterocycles. The second-order valence-corrected chi connectivity index (χ2v) is 10.1. The Hall–Kier alpha value is -0.760. The Morgan fingerprint density at radius 1 is 1.46 bits per heavy atom. The molecule has 0 spiro atoms. The van der Waals surface area contributed by atoms with Crippen molar-refractivity contribution in [2.45, 2.75) is 39.2 Å². The maximum Gasteiger partial charge on any atom is 0.212 e. The van der Waals surface area contributed by atoms with Gasteiger partial charge in [0.05, 0.1) is 11.9 Å². The van der Waals surface area contributed by atoms with E-state index in [9.17, 15) is 13.2 Å². The van der Waals surface area contributed by atoms with Gasteiger partial charge in [0, 0.05) is 25.5 Å². The first-order chi connectivity index (χ1) is 11.2. The average molecular weight is 372 g/mol. The van der Waals surface area contributed by atoms with Crippen LogP contribution in [0.3, 0.4) is 0 Å². The molecule has 2 aliphatic rings. The molecule has 2 saturated carbocycles. The molecule has 1 aromatic rings. The van der Waals surface area contributed by atoms with E-state index in [-0.39, 0.29) is 29.6 Å². The van der Waals surface area contributed by atoms with Gasteiger partial charge in [0.2, 0.25) is 10.0 Å². The predicted octanol–water partition coefficient (Wildman–Crippen LogP) is 2.75. The number of sulfonamides is 1. The van der Waals surface area contributed by atoms with Gasteiger partial charge in [-0.1, -0.05) is 13.8 Å². The van der Waals surface area contributed by atoms with Gasteiger partial charge in [-0.05, 0) is 46.6 Å². The van der Waals surface area contributed by atoms with Crippen molar-refractivity contribution >= 4 is 27.1 Å². The highest BCUT2D eigenvalue weighted by atomic mass is 32.2. The van der Waals surface area contributed by atoms with Crippen LogP contribution in [0.2, 0.25) is 0 Å². The van der Waals surface area contributed by atoms with Crippen LogP contribution in [-0.2, 0) is 19.6 Å². The molecule has 7 heteroatoms. The Morgan fingerprint density at radius 3 is 2.71 bits per heavy atom. The molecule has 2 aliphatic carbocycles. The highest BCUT2D eigenvalue weighted by Crippen LogP contribution is 2.64. The van der Waals surface area contributed by atoms with Crippen molar-refractivity contribution in [2.24, 2.45) is 16.7 Å². The Morgan fingerprint density at radius 2 is 2.21 bits per heavy atom. The Kier molecular flexibility index (Phi) is 4.66. The van der Waals surface area contributed by atoms with E-state index in [1.807, 2.05) is 16.8 Å². The van der Waals surface area contributed by atoms with Crippen molar-refractivity contribution in [1.29, 1.82) is 0 Å². The fourth-order valence-corrected chi connectivity index (χ4v) is 7.02. The van der Waals surface area contributed by atoms with Crippen LogP contribution >= 0.6 is 11.3 Å². The summed E-state index contributed by atoms with van der Waals surface area (Å²) in [7, 11) is -1.99. The summed E-state index contributed by atoms with van der Waals surface area (Å²) in [6.45, 7) is 4.28. The molecule has 3 unspecified atom stereocenters. The minimum Gasteiger partial charge on any atom is -0.375 e. The van der Waals surface area contributed by atoms with Gasteiger partial charge in [-0.15, -0.1) is 0 Å². The van der Waals surface area contributed by atoms with Crippen molar-refractivity contribution in [3.05, 3.63) is 22.4 Å². The summed E-state index contributed by atoms with van der Waals surface area (Å²) in [5.41, 5.74) is -0.0112. The Bertz CT molecular complexity index is 711. The van der Waals surface area contributed by atoms with E-state index in [0.29, 0.717) is 18.8 Å². The van der Waals surface area contributed by atoms with E-state index in [1.54, 1.807) is 18.4 Å². The van der Waals surface area contributed by atoms with Gasteiger partial charge in [-0.25, -0.2) is 13.1 Å². The third kappa shape index (κ3) is 2.85. The van der Waals surface area contributed by atoms with Gasteiger partial charge in [-0.3, -0.25) is 4.79 Å². The Labute approximate surface area is 147 Å². The lowest BCUT2D eigenvalue weighted by Crippen LogP contribution is -2.46. The van der Waals surface area contributed by atoms with E-state index >= 15 is 0 Å². The molecule has 0 saturated heterocycles. The number of ketones is 1. The summed E-state index contributed by atoms with van der Waals surface area (Å²) in [4.78, 5) is 12.5. The standard InChI is InChI=1S/C17H25NO4S2/c1-16(2)13-4-6-17(16,15(19)8-13)11-24(20,21)18-9-14(22-3)12-5-7-23-10-12/h5,7,10,13-14,18H,4,6,8-9,11H2,1-3H3. The van der Waals surface area contributed by atoms with Gasteiger partial charge in [0.15, 0.2) is 0 Å². The number of fused-ring (bicyclic) bond motifs is 2. The average Bonchev–Trinajstić information content (AvgIpc) is 3.14. The zero-order chi connectivity index (χ0) is 17.6. The molecule has 5 nitrogen and oxygen atoms in total. The smallest absolute Gasteiger partial charge is 0.212 e. The van der Waals surface area contributed by atoms with Crippen LogP contribution in [0.1, 0.15) is 44.8 Å². The molecule has 0 radical (unpaired) electrons. The van der Waals surface area contributed by atoms with Crippen LogP contribution in [0.5, 0.6) is 0 Å². The highest BCUT2D eigenvalue weighted by molar-refractivity contribution is 7.89. The summed E-state index contributed by atoms with van der Waals surface area (Å²) in [6.07, 6.45) is 1.84. The maximum absolute atomic E-state index is 12.7. The molecular weight excluding hydrogens is 346 g/mol. The lowest BCUT2D eigenvalue weighted by molar-refractivity contribution is -0.128. The number of nitrogens with one attached hydrogen (secondary N) is 1. The van der Waals surface area contributed by atoms with Crippen molar-refractivity contribution in [3.63, 3.8) is 0 Å². The van der Waals surface area contributed by atoms with Crippen LogP contribution in [-0.4, -0.2) is 33.6 Å². The fourth-order valence-electron chi connectivity index (χ4n) is 4.48. The number of hydrogen-bond donors (Lipinski definition) is 1. The molecule has 3 rings (SSSR count). The van der Waals surface area contributed by atoms with Gasteiger partial charge in [0.25, 0.3) is 0 Å². The minimum atomic E-state index is -3.56. The first kappa shape index (κ1) is 18.0. The molecule has 3 atom stereocenters. The van der Waals surface area contributed by atoms with Gasteiger partial charge in [-0.2, -0.15) is 11.3 Å². The van der Waals surface area contributed by atoms with Crippen molar-refractivity contribution in [2.75, 3.05) is 19.4 Å². The third-order valence-corrected chi connectivity index (χ3v) is 8.44. The molecule has 2 fully saturated rings. The molecule has 1 aromatic heterocycles. The largest absolute Gasteiger partial charge is 0.375 e. The van der Waals surface area contributed by atoms with Gasteiger partial charge in [0.1, 0.15) is 5.78 Å². The van der Waals surface area contributed by atoms with Crippen LogP contribution in [0.25, 0.3) is 0 Å². The Balaban J connectivity index is 1.71. The number of carbonyl (C=O) groups excluding carboxylic acids is 1. The van der Waals surface area contributed by atoms with Gasteiger partial charge < -0.3 is 4.74 Å². The first-order valence-electron chi connectivity index (χ1n) is 8.27. The second-order valence-electron chi connectivity index (χ2n) is 7.56. The number of Topliss-reactive ketones (excluding diaryl/α,β-unsaturated/α-hetero) is 1. The fraction of sp³-hybridized carbons (Fsp3) is 0.706. The van der Waals surface area contributed by atoms with Crippen LogP contribution < -0.4 is 4.72 Å². The zero-order valence-electron chi connectivity index (χ0n) is 14.4. The highest BCUT2D eigenvalue weighted by Gasteiger charge is 2.65. The summed E-state index contributed by atoms with van der Waals surface area (Å²) in [5.74, 6) is 0.329. The molecule has 24 heavy (non-hydrogen) atoms. The SMILES string of the molecule is COC(CNS(=O)(=O)CC12CCC(CC1=O)C2(C)C)c1ccsc1. The molecule has 0 amide bonds. The number of rotatable bonds is 7. The summed E-state index contributed by atoms with van der Waals surface area (Å²) < 4.78 is 33.4. The number of methoxy groups -OCH3 is 1. The normalized spacial score (nSPS) is 30.0. The maximum atomic E-state index is 12.7. The van der Waals surface area contributed by atoms with Gasteiger partial charge >= 0.3 is 0 Å². The third-order valence-electron chi connectivity index (χ3n) is 6.26. The van der Waals surface area contributed by atoms with Crippen molar-refractivity contribution in [3.8, 4) is 0 Å². The second kappa shape index (κ2) is 6.20. The predicted molar refractivity (Wildman–Crippen MR) is 94.4 cm³/mol. The first-order valence-corrected chi connectivity index (χ1v) is 10.9. The molecule has 1 heterocycles. The van der Waals surface area contributed by atoms with Crippen LogP contribution in [0.4, 0.5) is 0 Å².